The molecule has 2 fully saturated rings. The summed E-state index contributed by atoms with van der Waals surface area (Å²) in [5, 5.41) is 0. The molecule has 15 heavy (non-hydrogen) atoms. The summed E-state index contributed by atoms with van der Waals surface area (Å²) in [6, 6.07) is 0.859. The molecule has 0 saturated carbocycles. The van der Waals surface area contributed by atoms with Crippen molar-refractivity contribution in [3.63, 3.8) is 0 Å². The van der Waals surface area contributed by atoms with Gasteiger partial charge >= 0.3 is 0 Å². The number of allylic oxidation sites excluding steroid dienone is 1. The van der Waals surface area contributed by atoms with Gasteiger partial charge in [0.05, 0.1) is 0 Å². The number of likely N-dealkylation sites (tertiary alicyclic amines) is 2. The summed E-state index contributed by atoms with van der Waals surface area (Å²) in [5.74, 6) is 0. The van der Waals surface area contributed by atoms with Crippen molar-refractivity contribution < 1.29 is 0 Å². The summed E-state index contributed by atoms with van der Waals surface area (Å²) in [5.41, 5.74) is 3.24. The van der Waals surface area contributed by atoms with Crippen LogP contribution in [-0.2, 0) is 0 Å². The maximum Gasteiger partial charge on any atom is 0.0198 e. The van der Waals surface area contributed by atoms with Gasteiger partial charge in [0, 0.05) is 19.1 Å². The molecule has 2 saturated heterocycles. The van der Waals surface area contributed by atoms with E-state index in [9.17, 15) is 0 Å². The number of nitrogens with zero attached hydrogens (tertiary/aromatic N) is 2. The van der Waals surface area contributed by atoms with E-state index in [0.29, 0.717) is 0 Å². The Labute approximate surface area is 93.9 Å². The summed E-state index contributed by atoms with van der Waals surface area (Å²) in [6.45, 7) is 9.63. The fourth-order valence-electron chi connectivity index (χ4n) is 2.76. The Bertz CT molecular complexity index is 245. The standard InChI is InChI=1S/C13H24N2/c1-11(2)12-4-9-15(10-12)13-5-7-14(3)8-6-13/h13H,4-10H2,1-3H3. The van der Waals surface area contributed by atoms with Crippen molar-refractivity contribution in [3.8, 4) is 0 Å². The van der Waals surface area contributed by atoms with E-state index >= 15 is 0 Å². The Kier molecular flexibility index (Phi) is 3.47. The molecule has 2 nitrogen and oxygen atoms in total. The van der Waals surface area contributed by atoms with Crippen molar-refractivity contribution in [1.82, 2.24) is 9.80 Å². The zero-order valence-electron chi connectivity index (χ0n) is 10.4. The van der Waals surface area contributed by atoms with Gasteiger partial charge in [-0.2, -0.15) is 0 Å². The van der Waals surface area contributed by atoms with Crippen LogP contribution < -0.4 is 0 Å². The van der Waals surface area contributed by atoms with Gasteiger partial charge in [0.1, 0.15) is 0 Å². The largest absolute Gasteiger partial charge is 0.306 e. The molecule has 0 aromatic rings. The van der Waals surface area contributed by atoms with Crippen molar-refractivity contribution in [2.24, 2.45) is 0 Å². The van der Waals surface area contributed by atoms with Gasteiger partial charge in [0.25, 0.3) is 0 Å². The van der Waals surface area contributed by atoms with Gasteiger partial charge in [-0.1, -0.05) is 11.1 Å². The molecule has 0 aromatic heterocycles. The molecule has 0 aliphatic carbocycles. The maximum absolute atomic E-state index is 2.70. The molecular weight excluding hydrogens is 184 g/mol. The first kappa shape index (κ1) is 11.2. The van der Waals surface area contributed by atoms with E-state index in [-0.39, 0.29) is 0 Å². The number of hydrogen-bond acceptors (Lipinski definition) is 2. The van der Waals surface area contributed by atoms with Crippen molar-refractivity contribution in [2.75, 3.05) is 33.2 Å². The third-order valence-electron chi connectivity index (χ3n) is 4.01. The lowest BCUT2D eigenvalue weighted by atomic mass is 10.0. The van der Waals surface area contributed by atoms with E-state index in [2.05, 4.69) is 30.7 Å². The molecule has 0 unspecified atom stereocenters. The molecule has 2 aliphatic heterocycles. The fraction of sp³-hybridized carbons (Fsp3) is 0.846. The number of piperidine rings is 1. The number of hydrogen-bond donors (Lipinski definition) is 0. The summed E-state index contributed by atoms with van der Waals surface area (Å²) in [7, 11) is 2.24. The normalized spacial score (nSPS) is 26.2. The summed E-state index contributed by atoms with van der Waals surface area (Å²) < 4.78 is 0. The lowest BCUT2D eigenvalue weighted by Gasteiger charge is -2.34. The van der Waals surface area contributed by atoms with E-state index < -0.39 is 0 Å². The SMILES string of the molecule is CC(C)=C1CCN(C2CCN(C)CC2)C1. The monoisotopic (exact) mass is 208 g/mol. The Hall–Kier alpha value is -0.340. The highest BCUT2D eigenvalue weighted by Gasteiger charge is 2.27. The van der Waals surface area contributed by atoms with Crippen molar-refractivity contribution >= 4 is 0 Å². The van der Waals surface area contributed by atoms with Crippen LogP contribution in [0.25, 0.3) is 0 Å². The first-order valence-electron chi connectivity index (χ1n) is 6.24. The van der Waals surface area contributed by atoms with Crippen LogP contribution in [0.1, 0.15) is 33.1 Å². The van der Waals surface area contributed by atoms with Gasteiger partial charge in [-0.15, -0.1) is 0 Å². The topological polar surface area (TPSA) is 6.48 Å². The van der Waals surface area contributed by atoms with Gasteiger partial charge in [0.15, 0.2) is 0 Å². The number of rotatable bonds is 1. The molecule has 0 aromatic carbocycles. The average molecular weight is 208 g/mol. The third-order valence-corrected chi connectivity index (χ3v) is 4.01. The molecule has 0 bridgehead atoms. The first-order chi connectivity index (χ1) is 7.16. The van der Waals surface area contributed by atoms with Gasteiger partial charge in [-0.3, -0.25) is 4.90 Å². The molecule has 2 aliphatic rings. The van der Waals surface area contributed by atoms with Gasteiger partial charge in [0.2, 0.25) is 0 Å². The Morgan fingerprint density at radius 1 is 1.13 bits per heavy atom. The maximum atomic E-state index is 2.70. The Balaban J connectivity index is 1.89. The smallest absolute Gasteiger partial charge is 0.0198 e. The second-order valence-electron chi connectivity index (χ2n) is 5.36. The Morgan fingerprint density at radius 2 is 1.80 bits per heavy atom. The van der Waals surface area contributed by atoms with E-state index in [1.165, 1.54) is 45.4 Å². The molecule has 0 spiro atoms. The quantitative estimate of drug-likeness (QED) is 0.609. The lowest BCUT2D eigenvalue weighted by Crippen LogP contribution is -2.42. The zero-order chi connectivity index (χ0) is 10.8. The van der Waals surface area contributed by atoms with E-state index in [1.54, 1.807) is 11.1 Å². The minimum Gasteiger partial charge on any atom is -0.306 e. The molecular formula is C13H24N2. The molecule has 0 radical (unpaired) electrons. The predicted molar refractivity (Wildman–Crippen MR) is 65.1 cm³/mol. The molecule has 2 heterocycles. The van der Waals surface area contributed by atoms with E-state index in [4.69, 9.17) is 0 Å². The fourth-order valence-corrected chi connectivity index (χ4v) is 2.76. The molecule has 0 atom stereocenters. The molecule has 86 valence electrons. The van der Waals surface area contributed by atoms with Crippen LogP contribution in [0.3, 0.4) is 0 Å². The average Bonchev–Trinajstić information content (AvgIpc) is 2.68. The van der Waals surface area contributed by atoms with Crippen LogP contribution in [0.2, 0.25) is 0 Å². The second kappa shape index (κ2) is 4.67. The van der Waals surface area contributed by atoms with Gasteiger partial charge < -0.3 is 4.90 Å². The highest BCUT2D eigenvalue weighted by Crippen LogP contribution is 2.25. The van der Waals surface area contributed by atoms with Crippen LogP contribution in [-0.4, -0.2) is 49.1 Å². The Morgan fingerprint density at radius 3 is 2.33 bits per heavy atom. The molecule has 0 amide bonds. The van der Waals surface area contributed by atoms with E-state index in [1.807, 2.05) is 0 Å². The highest BCUT2D eigenvalue weighted by molar-refractivity contribution is 5.16. The predicted octanol–water partition coefficient (Wildman–Crippen LogP) is 2.12. The second-order valence-corrected chi connectivity index (χ2v) is 5.36. The van der Waals surface area contributed by atoms with Crippen LogP contribution in [0.15, 0.2) is 11.1 Å². The first-order valence-corrected chi connectivity index (χ1v) is 6.24. The minimum atomic E-state index is 0.859. The van der Waals surface area contributed by atoms with Crippen LogP contribution in [0.4, 0.5) is 0 Å². The lowest BCUT2D eigenvalue weighted by molar-refractivity contribution is 0.146. The molecule has 2 heteroatoms. The van der Waals surface area contributed by atoms with E-state index in [0.717, 1.165) is 6.04 Å². The van der Waals surface area contributed by atoms with Crippen LogP contribution in [0, 0.1) is 0 Å². The van der Waals surface area contributed by atoms with Crippen LogP contribution in [0.5, 0.6) is 0 Å². The highest BCUT2D eigenvalue weighted by atomic mass is 15.2. The van der Waals surface area contributed by atoms with Crippen molar-refractivity contribution in [2.45, 2.75) is 39.2 Å². The van der Waals surface area contributed by atoms with Crippen molar-refractivity contribution in [3.05, 3.63) is 11.1 Å². The molecule has 0 N–H and O–H groups in total. The van der Waals surface area contributed by atoms with Gasteiger partial charge in [-0.05, 0) is 53.2 Å². The summed E-state index contributed by atoms with van der Waals surface area (Å²) >= 11 is 0. The van der Waals surface area contributed by atoms with Gasteiger partial charge in [-0.25, -0.2) is 0 Å². The minimum absolute atomic E-state index is 0.859. The zero-order valence-corrected chi connectivity index (χ0v) is 10.4. The van der Waals surface area contributed by atoms with Crippen LogP contribution >= 0.6 is 0 Å². The summed E-state index contributed by atoms with van der Waals surface area (Å²) in [4.78, 5) is 5.16. The van der Waals surface area contributed by atoms with Crippen molar-refractivity contribution in [1.29, 1.82) is 0 Å². The summed E-state index contributed by atoms with van der Waals surface area (Å²) in [6.07, 6.45) is 4.05. The molecule has 2 rings (SSSR count). The third kappa shape index (κ3) is 2.61.